The minimum absolute atomic E-state index is 0.717. The summed E-state index contributed by atoms with van der Waals surface area (Å²) in [6.45, 7) is 4.36. The van der Waals surface area contributed by atoms with Crippen LogP contribution < -0.4 is 10.1 Å². The SMILES string of the molecule is COc1ccc(CC2CCN(C)CC2)c(Nc2nc3ccccc3nc2C)c1. The van der Waals surface area contributed by atoms with Gasteiger partial charge >= 0.3 is 0 Å². The van der Waals surface area contributed by atoms with Gasteiger partial charge in [-0.2, -0.15) is 0 Å². The maximum Gasteiger partial charge on any atom is 0.152 e. The Morgan fingerprint density at radius 1 is 1.07 bits per heavy atom. The average molecular weight is 377 g/mol. The summed E-state index contributed by atoms with van der Waals surface area (Å²) in [5.41, 5.74) is 5.08. The number of hydrogen-bond donors (Lipinski definition) is 1. The molecule has 0 bridgehead atoms. The Hall–Kier alpha value is -2.66. The van der Waals surface area contributed by atoms with Gasteiger partial charge in [-0.25, -0.2) is 9.97 Å². The van der Waals surface area contributed by atoms with Gasteiger partial charge in [0.2, 0.25) is 0 Å². The van der Waals surface area contributed by atoms with E-state index in [2.05, 4.69) is 29.4 Å². The predicted molar refractivity (Wildman–Crippen MR) is 114 cm³/mol. The summed E-state index contributed by atoms with van der Waals surface area (Å²) >= 11 is 0. The summed E-state index contributed by atoms with van der Waals surface area (Å²) in [4.78, 5) is 11.9. The van der Waals surface area contributed by atoms with Crippen LogP contribution in [0.5, 0.6) is 5.75 Å². The van der Waals surface area contributed by atoms with Crippen molar-refractivity contribution < 1.29 is 4.74 Å². The number of para-hydroxylation sites is 2. The summed E-state index contributed by atoms with van der Waals surface area (Å²) in [6, 6.07) is 14.3. The van der Waals surface area contributed by atoms with Crippen molar-refractivity contribution >= 4 is 22.5 Å². The first kappa shape index (κ1) is 18.7. The molecule has 1 aromatic heterocycles. The zero-order chi connectivity index (χ0) is 19.5. The number of anilines is 2. The fourth-order valence-corrected chi connectivity index (χ4v) is 3.89. The zero-order valence-corrected chi connectivity index (χ0v) is 16.9. The van der Waals surface area contributed by atoms with Crippen molar-refractivity contribution in [3.8, 4) is 5.75 Å². The molecule has 1 aliphatic rings. The summed E-state index contributed by atoms with van der Waals surface area (Å²) < 4.78 is 5.47. The number of ether oxygens (including phenoxy) is 1. The van der Waals surface area contributed by atoms with Gasteiger partial charge in [0.1, 0.15) is 5.75 Å². The van der Waals surface area contributed by atoms with Gasteiger partial charge in [-0.1, -0.05) is 18.2 Å². The first-order valence-corrected chi connectivity index (χ1v) is 9.98. The Bertz CT molecular complexity index is 964. The van der Waals surface area contributed by atoms with Crippen LogP contribution in [0.1, 0.15) is 24.1 Å². The quantitative estimate of drug-likeness (QED) is 0.707. The molecule has 5 nitrogen and oxygen atoms in total. The second kappa shape index (κ2) is 8.15. The second-order valence-electron chi connectivity index (χ2n) is 7.75. The number of nitrogens with zero attached hydrogens (tertiary/aromatic N) is 3. The minimum Gasteiger partial charge on any atom is -0.497 e. The summed E-state index contributed by atoms with van der Waals surface area (Å²) in [6.07, 6.45) is 3.56. The van der Waals surface area contributed by atoms with Crippen LogP contribution >= 0.6 is 0 Å². The van der Waals surface area contributed by atoms with Gasteiger partial charge < -0.3 is 15.0 Å². The predicted octanol–water partition coefficient (Wildman–Crippen LogP) is 4.57. The van der Waals surface area contributed by atoms with E-state index < -0.39 is 0 Å². The van der Waals surface area contributed by atoms with E-state index in [-0.39, 0.29) is 0 Å². The molecule has 0 unspecified atom stereocenters. The smallest absolute Gasteiger partial charge is 0.152 e. The van der Waals surface area contributed by atoms with E-state index in [1.165, 1.54) is 31.5 Å². The van der Waals surface area contributed by atoms with Crippen LogP contribution in [0.4, 0.5) is 11.5 Å². The molecule has 5 heteroatoms. The number of piperidine rings is 1. The van der Waals surface area contributed by atoms with Crippen molar-refractivity contribution in [3.63, 3.8) is 0 Å². The molecule has 28 heavy (non-hydrogen) atoms. The Labute approximate surface area is 166 Å². The van der Waals surface area contributed by atoms with Gasteiger partial charge in [0.05, 0.1) is 23.8 Å². The van der Waals surface area contributed by atoms with Crippen molar-refractivity contribution in [1.29, 1.82) is 0 Å². The monoisotopic (exact) mass is 376 g/mol. The van der Waals surface area contributed by atoms with E-state index in [9.17, 15) is 0 Å². The van der Waals surface area contributed by atoms with E-state index in [1.54, 1.807) is 7.11 Å². The highest BCUT2D eigenvalue weighted by Gasteiger charge is 2.19. The molecule has 0 radical (unpaired) electrons. The lowest BCUT2D eigenvalue weighted by Crippen LogP contribution is -2.31. The number of methoxy groups -OCH3 is 1. The van der Waals surface area contributed by atoms with Gasteiger partial charge in [0.15, 0.2) is 5.82 Å². The Morgan fingerprint density at radius 3 is 2.50 bits per heavy atom. The maximum absolute atomic E-state index is 5.47. The highest BCUT2D eigenvalue weighted by Crippen LogP contribution is 2.31. The largest absolute Gasteiger partial charge is 0.497 e. The fraction of sp³-hybridized carbons (Fsp3) is 0.391. The molecule has 0 amide bonds. The van der Waals surface area contributed by atoms with Crippen LogP contribution in [-0.2, 0) is 6.42 Å². The molecule has 1 N–H and O–H groups in total. The highest BCUT2D eigenvalue weighted by atomic mass is 16.5. The molecule has 146 valence electrons. The molecular weight excluding hydrogens is 348 g/mol. The second-order valence-corrected chi connectivity index (χ2v) is 7.75. The number of aromatic nitrogens is 2. The fourth-order valence-electron chi connectivity index (χ4n) is 3.89. The maximum atomic E-state index is 5.47. The molecule has 0 spiro atoms. The van der Waals surface area contributed by atoms with Gasteiger partial charge in [-0.15, -0.1) is 0 Å². The van der Waals surface area contributed by atoms with E-state index in [4.69, 9.17) is 14.7 Å². The van der Waals surface area contributed by atoms with Crippen molar-refractivity contribution in [3.05, 3.63) is 53.7 Å². The Balaban J connectivity index is 1.63. The molecular formula is C23H28N4O. The lowest BCUT2D eigenvalue weighted by molar-refractivity contribution is 0.219. The molecule has 2 aromatic carbocycles. The molecule has 1 fully saturated rings. The van der Waals surface area contributed by atoms with Crippen molar-refractivity contribution in [2.24, 2.45) is 5.92 Å². The molecule has 2 heterocycles. The highest BCUT2D eigenvalue weighted by molar-refractivity contribution is 5.77. The zero-order valence-electron chi connectivity index (χ0n) is 16.9. The molecule has 3 aromatic rings. The molecule has 0 atom stereocenters. The number of hydrogen-bond acceptors (Lipinski definition) is 5. The lowest BCUT2D eigenvalue weighted by atomic mass is 9.89. The number of fused-ring (bicyclic) bond motifs is 1. The molecule has 1 saturated heterocycles. The number of aryl methyl sites for hydroxylation is 1. The summed E-state index contributed by atoms with van der Waals surface area (Å²) in [7, 11) is 3.91. The van der Waals surface area contributed by atoms with E-state index in [0.717, 1.165) is 40.4 Å². The molecule has 1 aliphatic heterocycles. The van der Waals surface area contributed by atoms with Crippen LogP contribution in [0, 0.1) is 12.8 Å². The van der Waals surface area contributed by atoms with Crippen LogP contribution in [-0.4, -0.2) is 42.1 Å². The van der Waals surface area contributed by atoms with Gasteiger partial charge in [-0.3, -0.25) is 0 Å². The number of likely N-dealkylation sites (tertiary alicyclic amines) is 1. The van der Waals surface area contributed by atoms with Crippen LogP contribution in [0.25, 0.3) is 11.0 Å². The Morgan fingerprint density at radius 2 is 1.79 bits per heavy atom. The third kappa shape index (κ3) is 4.09. The molecule has 0 aliphatic carbocycles. The number of nitrogens with one attached hydrogen (secondary N) is 1. The van der Waals surface area contributed by atoms with Gasteiger partial charge in [0, 0.05) is 11.8 Å². The van der Waals surface area contributed by atoms with E-state index in [0.29, 0.717) is 5.92 Å². The van der Waals surface area contributed by atoms with Crippen molar-refractivity contribution in [2.45, 2.75) is 26.2 Å². The van der Waals surface area contributed by atoms with E-state index >= 15 is 0 Å². The van der Waals surface area contributed by atoms with E-state index in [1.807, 2.05) is 37.3 Å². The third-order valence-electron chi connectivity index (χ3n) is 5.66. The van der Waals surface area contributed by atoms with Crippen LogP contribution in [0.3, 0.4) is 0 Å². The normalized spacial score (nSPS) is 15.7. The van der Waals surface area contributed by atoms with Crippen LogP contribution in [0.15, 0.2) is 42.5 Å². The number of rotatable bonds is 5. The van der Waals surface area contributed by atoms with Crippen molar-refractivity contribution in [2.75, 3.05) is 32.6 Å². The summed E-state index contributed by atoms with van der Waals surface area (Å²) in [5, 5.41) is 3.54. The lowest BCUT2D eigenvalue weighted by Gasteiger charge is -2.29. The first-order chi connectivity index (χ1) is 13.6. The van der Waals surface area contributed by atoms with Crippen molar-refractivity contribution in [1.82, 2.24) is 14.9 Å². The molecule has 0 saturated carbocycles. The van der Waals surface area contributed by atoms with Crippen LogP contribution in [0.2, 0.25) is 0 Å². The van der Waals surface area contributed by atoms with Gasteiger partial charge in [0.25, 0.3) is 0 Å². The Kier molecular flexibility index (Phi) is 5.44. The molecule has 4 rings (SSSR count). The number of benzene rings is 2. The average Bonchev–Trinajstić information content (AvgIpc) is 2.71. The standard InChI is InChI=1S/C23H28N4O/c1-16-23(25-21-7-5-4-6-20(21)24-16)26-22-15-19(28-3)9-8-18(22)14-17-10-12-27(2)13-11-17/h4-9,15,17H,10-14H2,1-3H3,(H,25,26). The first-order valence-electron chi connectivity index (χ1n) is 9.98. The van der Waals surface area contributed by atoms with Gasteiger partial charge in [-0.05, 0) is 76.0 Å². The third-order valence-corrected chi connectivity index (χ3v) is 5.66. The summed E-state index contributed by atoms with van der Waals surface area (Å²) in [5.74, 6) is 2.37. The minimum atomic E-state index is 0.717. The topological polar surface area (TPSA) is 50.3 Å².